The van der Waals surface area contributed by atoms with Crippen LogP contribution in [0.3, 0.4) is 0 Å². The number of carboxylic acids is 3. The number of hydrogen-bond donors (Lipinski definition) is 9. The normalized spacial score (nSPS) is 13.8. The molecule has 0 aliphatic rings. The Morgan fingerprint density at radius 2 is 0.700 bits per heavy atom. The molecule has 326 valence electrons. The van der Waals surface area contributed by atoms with Gasteiger partial charge in [-0.3, -0.25) is 4.79 Å². The van der Waals surface area contributed by atoms with Crippen LogP contribution in [-0.4, -0.2) is 110 Å². The Hall–Kier alpha value is -5.04. The summed E-state index contributed by atoms with van der Waals surface area (Å²) in [5.41, 5.74) is 24.3. The Balaban J connectivity index is 0.000000478. The molecule has 0 heterocycles. The number of carbonyl (C=O) groups excluding carboxylic acids is 4. The number of carboxylic acid groups (broad SMARTS) is 3. The highest BCUT2D eigenvalue weighted by molar-refractivity contribution is 8.76. The van der Waals surface area contributed by atoms with E-state index < -0.39 is 72.1 Å². The number of quaternary nitrogens is 6. The summed E-state index contributed by atoms with van der Waals surface area (Å²) < 4.78 is 15.8. The van der Waals surface area contributed by atoms with Gasteiger partial charge in [-0.15, -0.1) is 0 Å². The third-order valence-electron chi connectivity index (χ3n) is 8.03. The van der Waals surface area contributed by atoms with Crippen LogP contribution in [0.5, 0.6) is 17.2 Å². The van der Waals surface area contributed by atoms with E-state index >= 15 is 0 Å². The van der Waals surface area contributed by atoms with E-state index in [2.05, 4.69) is 34.4 Å². The van der Waals surface area contributed by atoms with Crippen molar-refractivity contribution in [3.63, 3.8) is 0 Å². The lowest BCUT2D eigenvalue weighted by Crippen LogP contribution is -2.67. The van der Waals surface area contributed by atoms with Crippen molar-refractivity contribution >= 4 is 74.3 Å². The summed E-state index contributed by atoms with van der Waals surface area (Å²) >= 11 is 1.03. The van der Waals surface area contributed by atoms with Crippen LogP contribution in [0.25, 0.3) is 0 Å². The number of carbonyl (C=O) groups is 7. The average Bonchev–Trinajstić information content (AvgIpc) is 3.20. The third-order valence-corrected chi connectivity index (χ3v) is 11.6. The Morgan fingerprint density at radius 1 is 0.450 bits per heavy atom. The second kappa shape index (κ2) is 26.2. The van der Waals surface area contributed by atoms with Gasteiger partial charge in [-0.2, -0.15) is 0 Å². The Kier molecular flexibility index (Phi) is 22.3. The van der Waals surface area contributed by atoms with E-state index in [0.717, 1.165) is 28.5 Å². The van der Waals surface area contributed by atoms with Crippen LogP contribution in [0.15, 0.2) is 72.8 Å². The lowest BCUT2D eigenvalue weighted by atomic mass is 10.1. The molecule has 0 aromatic heterocycles. The minimum absolute atomic E-state index is 0.0769. The molecule has 0 radical (unpaired) electrons. The minimum Gasteiger partial charge on any atom is -0.477 e. The van der Waals surface area contributed by atoms with Crippen LogP contribution in [0.1, 0.15) is 23.6 Å². The first kappa shape index (κ1) is 51.1. The second-order valence-electron chi connectivity index (χ2n) is 13.4. The molecule has 3 aromatic rings. The van der Waals surface area contributed by atoms with E-state index in [4.69, 9.17) is 29.5 Å². The number of aliphatic carboxylic acids is 3. The molecule has 60 heavy (non-hydrogen) atoms. The van der Waals surface area contributed by atoms with Gasteiger partial charge in [0.2, 0.25) is 0 Å². The van der Waals surface area contributed by atoms with Gasteiger partial charge >= 0.3 is 35.8 Å². The lowest BCUT2D eigenvalue weighted by Gasteiger charge is -2.11. The number of ether oxygens (including phenoxy) is 3. The van der Waals surface area contributed by atoms with Crippen molar-refractivity contribution in [1.29, 1.82) is 0 Å². The minimum atomic E-state index is -0.980. The number of esters is 3. The first-order valence-corrected chi connectivity index (χ1v) is 21.7. The molecule has 0 aliphatic heterocycles. The summed E-state index contributed by atoms with van der Waals surface area (Å²) in [4.78, 5) is 79.8. The largest absolute Gasteiger partial charge is 0.477 e. The number of benzene rings is 3. The molecule has 21 N–H and O–H groups in total. The predicted octanol–water partition coefficient (Wildman–Crippen LogP) is -4.01. The van der Waals surface area contributed by atoms with Gasteiger partial charge in [0.15, 0.2) is 41.4 Å². The zero-order valence-corrected chi connectivity index (χ0v) is 35.5. The maximum atomic E-state index is 12.3. The Bertz CT molecular complexity index is 1820. The van der Waals surface area contributed by atoms with Crippen molar-refractivity contribution < 1.29 is 97.5 Å². The van der Waals surface area contributed by atoms with E-state index in [9.17, 15) is 33.6 Å². The van der Waals surface area contributed by atoms with Crippen molar-refractivity contribution in [2.75, 3.05) is 17.3 Å². The maximum Gasteiger partial charge on any atom is 0.371 e. The van der Waals surface area contributed by atoms with Crippen LogP contribution in [0, 0.1) is 0 Å². The number of thioether (sulfide) groups is 1. The summed E-state index contributed by atoms with van der Waals surface area (Å²) in [5.74, 6) is -2.43. The van der Waals surface area contributed by atoms with Gasteiger partial charge in [0.05, 0.1) is 17.3 Å². The van der Waals surface area contributed by atoms with Gasteiger partial charge in [0.25, 0.3) is 0 Å². The van der Waals surface area contributed by atoms with Crippen LogP contribution < -0.4 is 48.6 Å². The molecule has 0 saturated carbocycles. The molecular formula is C38H54N6O13S3+6. The molecule has 6 atom stereocenters. The highest BCUT2D eigenvalue weighted by atomic mass is 33.1. The van der Waals surface area contributed by atoms with Crippen LogP contribution in [-0.2, 0) is 52.8 Å². The zero-order chi connectivity index (χ0) is 44.9. The Morgan fingerprint density at radius 3 is 0.933 bits per heavy atom. The van der Waals surface area contributed by atoms with Crippen LogP contribution >= 0.6 is 33.3 Å². The van der Waals surface area contributed by atoms with E-state index in [1.165, 1.54) is 28.5 Å². The van der Waals surface area contributed by atoms with E-state index in [0.29, 0.717) is 35.2 Å². The lowest BCUT2D eigenvalue weighted by molar-refractivity contribution is -0.407. The van der Waals surface area contributed by atoms with Crippen LogP contribution in [0.4, 0.5) is 0 Å². The van der Waals surface area contributed by atoms with E-state index in [-0.39, 0.29) is 23.7 Å². The quantitative estimate of drug-likeness (QED) is 0.0201. The van der Waals surface area contributed by atoms with Gasteiger partial charge in [-0.1, -0.05) is 69.7 Å². The van der Waals surface area contributed by atoms with Crippen molar-refractivity contribution in [2.24, 2.45) is 0 Å². The van der Waals surface area contributed by atoms with Crippen LogP contribution in [0.2, 0.25) is 0 Å². The van der Waals surface area contributed by atoms with Gasteiger partial charge in [-0.25, -0.2) is 28.8 Å². The first-order valence-electron chi connectivity index (χ1n) is 18.2. The summed E-state index contributed by atoms with van der Waals surface area (Å²) in [7, 11) is 2.73. The molecule has 6 unspecified atom stereocenters. The maximum absolute atomic E-state index is 12.3. The molecular weight excluding hydrogens is 845 g/mol. The Labute approximate surface area is 357 Å². The third kappa shape index (κ3) is 19.8. The fourth-order valence-electron chi connectivity index (χ4n) is 4.48. The molecule has 0 spiro atoms. The highest BCUT2D eigenvalue weighted by Crippen LogP contribution is 2.23. The summed E-state index contributed by atoms with van der Waals surface area (Å²) in [6, 6.07) is 15.5. The second-order valence-corrected chi connectivity index (χ2v) is 17.1. The predicted molar refractivity (Wildman–Crippen MR) is 218 cm³/mol. The zero-order valence-electron chi connectivity index (χ0n) is 33.0. The van der Waals surface area contributed by atoms with Crippen molar-refractivity contribution in [2.45, 2.75) is 62.4 Å². The molecule has 0 aliphatic carbocycles. The topological polar surface area (TPSA) is 374 Å². The van der Waals surface area contributed by atoms with Gasteiger partial charge < -0.3 is 63.9 Å². The van der Waals surface area contributed by atoms with E-state index in [1.807, 2.05) is 0 Å². The molecule has 0 saturated heterocycles. The molecule has 0 bridgehead atoms. The molecule has 3 aromatic carbocycles. The standard InChI is InChI=1S/C24H30N4O8S2.C14H18N2O5S/c25-17(21(29)30)9-13-1-5-15(6-2-13)35-23(33)19(27)11-37-38-12-20(28)24(34)36-16-7-3-14(4-8-16)10-18(26)22(31)32;1-8(17)22-7-12(16)14(20)21-10-4-2-9(3-5-10)6-11(15)13(18)19/h1-8,17-20H,9-12,25-28H2,(H,29,30)(H,31,32);2-5,11-12H,6-7,15-16H2,1H3,(H,18,19)/p+6. The molecule has 0 fully saturated rings. The molecule has 3 rings (SSSR count). The van der Waals surface area contributed by atoms with Gasteiger partial charge in [-0.05, 0) is 53.1 Å². The van der Waals surface area contributed by atoms with E-state index in [1.54, 1.807) is 72.8 Å². The summed E-state index contributed by atoms with van der Waals surface area (Å²) in [5, 5.41) is 26.6. The smallest absolute Gasteiger partial charge is 0.371 e. The van der Waals surface area contributed by atoms with Crippen molar-refractivity contribution in [3.8, 4) is 17.2 Å². The molecule has 19 nitrogen and oxygen atoms in total. The summed E-state index contributed by atoms with van der Waals surface area (Å²) in [6.45, 7) is 1.43. The average molecular weight is 899 g/mol. The first-order chi connectivity index (χ1) is 28.2. The number of hydrogen-bond acceptors (Lipinski definition) is 13. The van der Waals surface area contributed by atoms with Gasteiger partial charge in [0, 0.05) is 26.2 Å². The SMILES string of the molecule is CC(=O)SCC([NH3+])C(=O)Oc1ccc(CC([NH3+])C(=O)O)cc1.[NH3+]C(Cc1ccc(OC(=O)C([NH3+])CSSCC([NH3+])C(=O)Oc2ccc(CC([NH3+])C(=O)O)cc2)cc1)C(=O)O. The van der Waals surface area contributed by atoms with Crippen molar-refractivity contribution in [3.05, 3.63) is 89.5 Å². The summed E-state index contributed by atoms with van der Waals surface area (Å²) in [6.07, 6.45) is 0.847. The van der Waals surface area contributed by atoms with Gasteiger partial charge in [0.1, 0.15) is 17.2 Å². The number of rotatable bonds is 22. The fourth-order valence-corrected chi connectivity index (χ4v) is 7.41. The van der Waals surface area contributed by atoms with Crippen molar-refractivity contribution in [1.82, 2.24) is 0 Å². The molecule has 22 heteroatoms. The fraction of sp³-hybridized carbons (Fsp3) is 0.342. The molecule has 0 amide bonds. The monoisotopic (exact) mass is 898 g/mol. The highest BCUT2D eigenvalue weighted by Gasteiger charge is 2.25.